The Labute approximate surface area is 110 Å². The first-order valence-corrected chi connectivity index (χ1v) is 5.83. The van der Waals surface area contributed by atoms with E-state index in [4.69, 9.17) is 5.26 Å². The summed E-state index contributed by atoms with van der Waals surface area (Å²) in [6.07, 6.45) is -5.08. The monoisotopic (exact) mass is 271 g/mol. The SMILES string of the molecule is CNCc1ccc(N(C)CCC(F)(F)F)c(C#N)c1. The fourth-order valence-electron chi connectivity index (χ4n) is 1.73. The van der Waals surface area contributed by atoms with E-state index in [1.54, 1.807) is 32.3 Å². The number of nitrogens with zero attached hydrogens (tertiary/aromatic N) is 2. The summed E-state index contributed by atoms with van der Waals surface area (Å²) >= 11 is 0. The lowest BCUT2D eigenvalue weighted by molar-refractivity contribution is -0.132. The number of hydrogen-bond acceptors (Lipinski definition) is 3. The third-order valence-corrected chi connectivity index (χ3v) is 2.70. The molecule has 0 atom stereocenters. The average Bonchev–Trinajstić information content (AvgIpc) is 2.35. The minimum absolute atomic E-state index is 0.163. The fraction of sp³-hybridized carbons (Fsp3) is 0.462. The van der Waals surface area contributed by atoms with Gasteiger partial charge in [0.15, 0.2) is 0 Å². The zero-order chi connectivity index (χ0) is 14.5. The van der Waals surface area contributed by atoms with Crippen molar-refractivity contribution >= 4 is 5.69 Å². The van der Waals surface area contributed by atoms with E-state index >= 15 is 0 Å². The first-order chi connectivity index (χ1) is 8.87. The fourth-order valence-corrected chi connectivity index (χ4v) is 1.73. The van der Waals surface area contributed by atoms with Gasteiger partial charge in [-0.1, -0.05) is 6.07 Å². The Morgan fingerprint density at radius 2 is 2.05 bits per heavy atom. The van der Waals surface area contributed by atoms with Crippen molar-refractivity contribution in [3.63, 3.8) is 0 Å². The Hall–Kier alpha value is -1.74. The third-order valence-electron chi connectivity index (χ3n) is 2.70. The number of benzene rings is 1. The van der Waals surface area contributed by atoms with Crippen LogP contribution < -0.4 is 10.2 Å². The molecule has 1 rings (SSSR count). The Morgan fingerprint density at radius 3 is 2.58 bits per heavy atom. The molecule has 0 aliphatic carbocycles. The van der Waals surface area contributed by atoms with Crippen LogP contribution in [0.4, 0.5) is 18.9 Å². The highest BCUT2D eigenvalue weighted by Gasteiger charge is 2.27. The van der Waals surface area contributed by atoms with E-state index in [0.717, 1.165) is 5.56 Å². The topological polar surface area (TPSA) is 39.1 Å². The van der Waals surface area contributed by atoms with Crippen molar-refractivity contribution in [2.24, 2.45) is 0 Å². The van der Waals surface area contributed by atoms with Crippen LogP contribution >= 0.6 is 0 Å². The van der Waals surface area contributed by atoms with E-state index < -0.39 is 12.6 Å². The number of nitrogens with one attached hydrogen (secondary N) is 1. The predicted octanol–water partition coefficient (Wildman–Crippen LogP) is 2.67. The first kappa shape index (κ1) is 15.3. The summed E-state index contributed by atoms with van der Waals surface area (Å²) in [5.41, 5.74) is 1.83. The van der Waals surface area contributed by atoms with E-state index in [1.807, 2.05) is 6.07 Å². The maximum absolute atomic E-state index is 12.2. The molecule has 104 valence electrons. The molecule has 0 saturated heterocycles. The largest absolute Gasteiger partial charge is 0.390 e. The number of alkyl halides is 3. The Bertz CT molecular complexity index is 463. The highest BCUT2D eigenvalue weighted by atomic mass is 19.4. The van der Waals surface area contributed by atoms with Gasteiger partial charge in [0.25, 0.3) is 0 Å². The van der Waals surface area contributed by atoms with Crippen LogP contribution in [0, 0.1) is 11.3 Å². The van der Waals surface area contributed by atoms with Crippen LogP contribution in [0.15, 0.2) is 18.2 Å². The highest BCUT2D eigenvalue weighted by Crippen LogP contribution is 2.24. The second kappa shape index (κ2) is 6.43. The summed E-state index contributed by atoms with van der Waals surface area (Å²) < 4.78 is 36.5. The van der Waals surface area contributed by atoms with Crippen molar-refractivity contribution in [1.82, 2.24) is 5.32 Å². The molecule has 6 heteroatoms. The molecular formula is C13H16F3N3. The zero-order valence-corrected chi connectivity index (χ0v) is 10.9. The molecule has 0 amide bonds. The summed E-state index contributed by atoms with van der Waals surface area (Å²) in [6.45, 7) is 0.449. The van der Waals surface area contributed by atoms with Crippen molar-refractivity contribution in [3.05, 3.63) is 29.3 Å². The molecule has 0 aliphatic heterocycles. The maximum atomic E-state index is 12.2. The molecular weight excluding hydrogens is 255 g/mol. The average molecular weight is 271 g/mol. The van der Waals surface area contributed by atoms with Crippen molar-refractivity contribution in [2.45, 2.75) is 19.1 Å². The number of halogens is 3. The summed E-state index contributed by atoms with van der Waals surface area (Å²) in [6, 6.07) is 7.20. The van der Waals surface area contributed by atoms with Crippen LogP contribution in [-0.4, -0.2) is 26.8 Å². The molecule has 0 unspecified atom stereocenters. The van der Waals surface area contributed by atoms with E-state index in [2.05, 4.69) is 5.32 Å². The Kier molecular flexibility index (Phi) is 5.19. The minimum atomic E-state index is -4.19. The van der Waals surface area contributed by atoms with Crippen LogP contribution in [0.3, 0.4) is 0 Å². The molecule has 0 fully saturated rings. The highest BCUT2D eigenvalue weighted by molar-refractivity contribution is 5.60. The second-order valence-electron chi connectivity index (χ2n) is 4.28. The standard InChI is InChI=1S/C13H16F3N3/c1-18-9-10-3-4-12(11(7-10)8-17)19(2)6-5-13(14,15)16/h3-4,7,18H,5-6,9H2,1-2H3. The van der Waals surface area contributed by atoms with Crippen molar-refractivity contribution in [3.8, 4) is 6.07 Å². The number of anilines is 1. The molecule has 1 aromatic rings. The summed E-state index contributed by atoms with van der Waals surface area (Å²) in [7, 11) is 3.34. The van der Waals surface area contributed by atoms with E-state index in [9.17, 15) is 13.2 Å². The first-order valence-electron chi connectivity index (χ1n) is 5.83. The van der Waals surface area contributed by atoms with Crippen LogP contribution in [-0.2, 0) is 6.54 Å². The van der Waals surface area contributed by atoms with Gasteiger partial charge in [0.1, 0.15) is 6.07 Å². The molecule has 3 nitrogen and oxygen atoms in total. The van der Waals surface area contributed by atoms with Gasteiger partial charge in [0, 0.05) is 20.1 Å². The summed E-state index contributed by atoms with van der Waals surface area (Å²) in [5.74, 6) is 0. The van der Waals surface area contributed by atoms with Crippen molar-refractivity contribution in [2.75, 3.05) is 25.5 Å². The van der Waals surface area contributed by atoms with Gasteiger partial charge in [-0.15, -0.1) is 0 Å². The molecule has 19 heavy (non-hydrogen) atoms. The van der Waals surface area contributed by atoms with Gasteiger partial charge in [-0.2, -0.15) is 18.4 Å². The third kappa shape index (κ3) is 4.79. The number of hydrogen-bond donors (Lipinski definition) is 1. The lowest BCUT2D eigenvalue weighted by Crippen LogP contribution is -2.24. The number of nitriles is 1. The van der Waals surface area contributed by atoms with Gasteiger partial charge in [0.2, 0.25) is 0 Å². The molecule has 0 aromatic heterocycles. The minimum Gasteiger partial charge on any atom is -0.373 e. The molecule has 0 saturated carbocycles. The zero-order valence-electron chi connectivity index (χ0n) is 10.9. The van der Waals surface area contributed by atoms with Crippen molar-refractivity contribution < 1.29 is 13.2 Å². The molecule has 0 spiro atoms. The molecule has 1 N–H and O–H groups in total. The van der Waals surface area contributed by atoms with Crippen molar-refractivity contribution in [1.29, 1.82) is 5.26 Å². The Balaban J connectivity index is 2.85. The normalized spacial score (nSPS) is 11.2. The van der Waals surface area contributed by atoms with Crippen LogP contribution in [0.2, 0.25) is 0 Å². The van der Waals surface area contributed by atoms with Gasteiger partial charge in [-0.05, 0) is 24.7 Å². The predicted molar refractivity (Wildman–Crippen MR) is 67.9 cm³/mol. The van der Waals surface area contributed by atoms with Gasteiger partial charge in [-0.3, -0.25) is 0 Å². The van der Waals surface area contributed by atoms with Gasteiger partial charge in [-0.25, -0.2) is 0 Å². The van der Waals surface area contributed by atoms with Crippen LogP contribution in [0.1, 0.15) is 17.5 Å². The Morgan fingerprint density at radius 1 is 1.37 bits per heavy atom. The quantitative estimate of drug-likeness (QED) is 0.895. The number of rotatable bonds is 5. The molecule has 0 radical (unpaired) electrons. The molecule has 1 aromatic carbocycles. The van der Waals surface area contributed by atoms with Gasteiger partial charge in [0.05, 0.1) is 17.7 Å². The van der Waals surface area contributed by atoms with Gasteiger partial charge < -0.3 is 10.2 Å². The van der Waals surface area contributed by atoms with E-state index in [0.29, 0.717) is 17.8 Å². The molecule has 0 heterocycles. The lowest BCUT2D eigenvalue weighted by atomic mass is 10.1. The second-order valence-corrected chi connectivity index (χ2v) is 4.28. The smallest absolute Gasteiger partial charge is 0.373 e. The van der Waals surface area contributed by atoms with E-state index in [1.165, 1.54) is 4.90 Å². The maximum Gasteiger partial charge on any atom is 0.390 e. The summed E-state index contributed by atoms with van der Waals surface area (Å²) in [5, 5.41) is 12.0. The van der Waals surface area contributed by atoms with Gasteiger partial charge >= 0.3 is 6.18 Å². The molecule has 0 aliphatic rings. The van der Waals surface area contributed by atoms with E-state index in [-0.39, 0.29) is 6.54 Å². The lowest BCUT2D eigenvalue weighted by Gasteiger charge is -2.21. The van der Waals surface area contributed by atoms with Crippen LogP contribution in [0.25, 0.3) is 0 Å². The molecule has 0 bridgehead atoms. The summed E-state index contributed by atoms with van der Waals surface area (Å²) in [4.78, 5) is 1.45. The van der Waals surface area contributed by atoms with Crippen LogP contribution in [0.5, 0.6) is 0 Å².